The van der Waals surface area contributed by atoms with Gasteiger partial charge in [0.15, 0.2) is 23.5 Å². The standard InChI is InChI=1S/C17H21N6O15P3/c18-8-4-2-1-3-7(8)16(26)36-12-9(5-34-40(30,31)38-41(32,33)37-39(27,28)29)35-15(11(12)24)23-6-20-10-13(23)21-17(19)22-14(10)25/h1-4,6,9,11-12,15,24H,5,18H2,(H,30,31)(H,32,33)(H2,27,28,29)(H3,19,21,22,25)/t9-,11-,12-,15-/m1/s1. The molecule has 21 nitrogen and oxygen atoms in total. The number of esters is 1. The number of H-pyrrole nitrogens is 1. The summed E-state index contributed by atoms with van der Waals surface area (Å²) in [4.78, 5) is 71.5. The Labute approximate surface area is 227 Å². The zero-order valence-corrected chi connectivity index (χ0v) is 22.7. The number of aliphatic hydroxyl groups excluding tert-OH is 1. The number of hydrogen-bond acceptors (Lipinski definition) is 15. The third-order valence-corrected chi connectivity index (χ3v) is 9.08. The summed E-state index contributed by atoms with van der Waals surface area (Å²) >= 11 is 0. The topological polar surface area (TPSA) is 331 Å². The number of nitrogens with zero attached hydrogens (tertiary/aromatic N) is 3. The lowest BCUT2D eigenvalue weighted by atomic mass is 10.1. The van der Waals surface area contributed by atoms with Gasteiger partial charge in [0.25, 0.3) is 5.56 Å². The molecule has 0 saturated carbocycles. The number of imidazole rings is 1. The molecule has 1 aliphatic rings. The van der Waals surface area contributed by atoms with Crippen molar-refractivity contribution in [2.75, 3.05) is 18.1 Å². The number of carbonyl (C=O) groups is 1. The van der Waals surface area contributed by atoms with Gasteiger partial charge in [0.2, 0.25) is 5.95 Å². The second kappa shape index (κ2) is 11.3. The van der Waals surface area contributed by atoms with Gasteiger partial charge in [0, 0.05) is 5.69 Å². The lowest BCUT2D eigenvalue weighted by molar-refractivity contribution is -0.0520. The Morgan fingerprint density at radius 3 is 2.44 bits per heavy atom. The second-order valence-electron chi connectivity index (χ2n) is 8.17. The minimum Gasteiger partial charge on any atom is -0.453 e. The van der Waals surface area contributed by atoms with Crippen molar-refractivity contribution in [2.24, 2.45) is 0 Å². The van der Waals surface area contributed by atoms with Crippen molar-refractivity contribution in [2.45, 2.75) is 24.5 Å². The van der Waals surface area contributed by atoms with Crippen LogP contribution in [-0.4, -0.2) is 75.1 Å². The van der Waals surface area contributed by atoms with E-state index in [9.17, 15) is 38.2 Å². The summed E-state index contributed by atoms with van der Waals surface area (Å²) in [5, 5.41) is 11.1. The monoisotopic (exact) mass is 642 g/mol. The van der Waals surface area contributed by atoms with E-state index in [-0.39, 0.29) is 28.4 Å². The number of phosphoric ester groups is 1. The van der Waals surface area contributed by atoms with Gasteiger partial charge in [-0.25, -0.2) is 23.5 Å². The number of carbonyl (C=O) groups excluding carboxylic acids is 1. The number of aliphatic hydroxyl groups is 1. The van der Waals surface area contributed by atoms with Gasteiger partial charge >= 0.3 is 29.4 Å². The van der Waals surface area contributed by atoms with Gasteiger partial charge in [0.05, 0.1) is 18.5 Å². The number of aromatic nitrogens is 4. The number of benzene rings is 1. The van der Waals surface area contributed by atoms with Crippen LogP contribution < -0.4 is 17.0 Å². The molecule has 24 heteroatoms. The number of fused-ring (bicyclic) bond motifs is 1. The maximum Gasteiger partial charge on any atom is 0.490 e. The quantitative estimate of drug-likeness (QED) is 0.0755. The van der Waals surface area contributed by atoms with E-state index >= 15 is 0 Å². The van der Waals surface area contributed by atoms with Crippen molar-refractivity contribution >= 4 is 52.2 Å². The molecule has 0 spiro atoms. The molecule has 6 atom stereocenters. The van der Waals surface area contributed by atoms with Gasteiger partial charge in [-0.3, -0.25) is 18.9 Å². The lowest BCUT2D eigenvalue weighted by Gasteiger charge is -2.22. The summed E-state index contributed by atoms with van der Waals surface area (Å²) in [6, 6.07) is 5.70. The molecule has 0 aliphatic carbocycles. The molecule has 1 saturated heterocycles. The molecule has 3 heterocycles. The highest BCUT2D eigenvalue weighted by Gasteiger charge is 2.50. The Morgan fingerprint density at radius 2 is 1.78 bits per heavy atom. The van der Waals surface area contributed by atoms with E-state index in [2.05, 4.69) is 28.1 Å². The summed E-state index contributed by atoms with van der Waals surface area (Å²) in [5.74, 6) is -1.38. The Balaban J connectivity index is 1.62. The fourth-order valence-electron chi connectivity index (χ4n) is 3.70. The Hall–Kier alpha value is -3.03. The van der Waals surface area contributed by atoms with Crippen LogP contribution in [0.15, 0.2) is 35.4 Å². The number of para-hydroxylation sites is 1. The zero-order valence-electron chi connectivity index (χ0n) is 20.1. The first kappa shape index (κ1) is 30.9. The van der Waals surface area contributed by atoms with E-state index in [1.54, 1.807) is 0 Å². The fraction of sp³-hybridized carbons (Fsp3) is 0.294. The van der Waals surface area contributed by atoms with Crippen LogP contribution in [0.5, 0.6) is 0 Å². The van der Waals surface area contributed by atoms with Crippen molar-refractivity contribution in [3.8, 4) is 0 Å². The van der Waals surface area contributed by atoms with Crippen LogP contribution in [0.3, 0.4) is 0 Å². The first-order valence-corrected chi connectivity index (χ1v) is 15.4. The Kier molecular flexibility index (Phi) is 8.55. The first-order chi connectivity index (χ1) is 19.0. The second-order valence-corrected chi connectivity index (χ2v) is 12.6. The molecule has 0 radical (unpaired) electrons. The van der Waals surface area contributed by atoms with E-state index in [0.29, 0.717) is 0 Å². The molecule has 41 heavy (non-hydrogen) atoms. The molecular weight excluding hydrogens is 621 g/mol. The molecule has 224 valence electrons. The number of hydrogen-bond donors (Lipinski definition) is 8. The minimum absolute atomic E-state index is 0.00627. The molecule has 1 aliphatic heterocycles. The molecule has 3 aromatic rings. The normalized spacial score (nSPS) is 24.1. The summed E-state index contributed by atoms with van der Waals surface area (Å²) in [5.41, 5.74) is 10.1. The Morgan fingerprint density at radius 1 is 1.10 bits per heavy atom. The zero-order chi connectivity index (χ0) is 30.3. The van der Waals surface area contributed by atoms with Crippen LogP contribution in [0.4, 0.5) is 11.6 Å². The van der Waals surface area contributed by atoms with Crippen molar-refractivity contribution in [3.63, 3.8) is 0 Å². The van der Waals surface area contributed by atoms with E-state index in [1.165, 1.54) is 24.3 Å². The largest absolute Gasteiger partial charge is 0.490 e. The number of rotatable bonds is 10. The molecular formula is C17H21N6O15P3. The number of nitrogens with one attached hydrogen (secondary N) is 1. The van der Waals surface area contributed by atoms with Gasteiger partial charge in [-0.05, 0) is 12.1 Å². The lowest BCUT2D eigenvalue weighted by Crippen LogP contribution is -2.38. The summed E-state index contributed by atoms with van der Waals surface area (Å²) < 4.78 is 58.7. The highest BCUT2D eigenvalue weighted by molar-refractivity contribution is 7.66. The molecule has 1 fully saturated rings. The molecule has 1 aromatic carbocycles. The molecule has 0 amide bonds. The summed E-state index contributed by atoms with van der Waals surface area (Å²) in [6.07, 6.45) is -5.62. The molecule has 10 N–H and O–H groups in total. The van der Waals surface area contributed by atoms with E-state index < -0.39 is 66.1 Å². The molecule has 4 rings (SSSR count). The minimum atomic E-state index is -5.84. The summed E-state index contributed by atoms with van der Waals surface area (Å²) in [7, 11) is -17.1. The van der Waals surface area contributed by atoms with Gasteiger partial charge in [-0.15, -0.1) is 0 Å². The highest BCUT2D eigenvalue weighted by atomic mass is 31.3. The maximum atomic E-state index is 12.8. The molecule has 0 bridgehead atoms. The van der Waals surface area contributed by atoms with Crippen molar-refractivity contribution < 1.29 is 65.8 Å². The van der Waals surface area contributed by atoms with Crippen LogP contribution in [0, 0.1) is 0 Å². The van der Waals surface area contributed by atoms with Crippen molar-refractivity contribution in [1.29, 1.82) is 0 Å². The highest BCUT2D eigenvalue weighted by Crippen LogP contribution is 2.66. The number of anilines is 2. The predicted molar refractivity (Wildman–Crippen MR) is 132 cm³/mol. The van der Waals surface area contributed by atoms with Crippen LogP contribution in [0.2, 0.25) is 0 Å². The average molecular weight is 642 g/mol. The van der Waals surface area contributed by atoms with Crippen LogP contribution in [0.1, 0.15) is 16.6 Å². The number of ether oxygens (including phenoxy) is 2. The van der Waals surface area contributed by atoms with Crippen LogP contribution >= 0.6 is 23.5 Å². The number of phosphoric acid groups is 3. The van der Waals surface area contributed by atoms with Crippen molar-refractivity contribution in [1.82, 2.24) is 19.5 Å². The van der Waals surface area contributed by atoms with E-state index in [1.807, 2.05) is 0 Å². The van der Waals surface area contributed by atoms with Gasteiger partial charge < -0.3 is 45.6 Å². The van der Waals surface area contributed by atoms with Gasteiger partial charge in [-0.2, -0.15) is 13.6 Å². The maximum absolute atomic E-state index is 12.8. The van der Waals surface area contributed by atoms with Gasteiger partial charge in [-0.1, -0.05) is 12.1 Å². The Bertz CT molecular complexity index is 1670. The van der Waals surface area contributed by atoms with Crippen LogP contribution in [-0.2, 0) is 36.3 Å². The summed E-state index contributed by atoms with van der Waals surface area (Å²) in [6.45, 7) is -1.09. The van der Waals surface area contributed by atoms with Gasteiger partial charge in [0.1, 0.15) is 12.2 Å². The third-order valence-electron chi connectivity index (χ3n) is 5.28. The third kappa shape index (κ3) is 7.25. The van der Waals surface area contributed by atoms with Crippen LogP contribution in [0.25, 0.3) is 11.2 Å². The number of nitrogens with two attached hydrogens (primary N) is 2. The molecule has 2 aromatic heterocycles. The van der Waals surface area contributed by atoms with E-state index in [4.69, 9.17) is 30.7 Å². The number of nitrogen functional groups attached to an aromatic ring is 2. The average Bonchev–Trinajstić information content (AvgIpc) is 3.37. The SMILES string of the molecule is Nc1nc2c(ncn2[C@@H]2O[C@H](COP(=O)(O)OP(=O)(O)OP(=O)(O)O)[C@@H](OC(=O)c3ccccc3N)[C@H]2O)c(=O)[nH]1. The molecule has 2 unspecified atom stereocenters. The predicted octanol–water partition coefficient (Wildman–Crippen LogP) is -0.889. The fourth-order valence-corrected chi connectivity index (χ4v) is 6.73. The first-order valence-electron chi connectivity index (χ1n) is 10.9. The van der Waals surface area contributed by atoms with Crippen molar-refractivity contribution in [3.05, 3.63) is 46.5 Å². The number of aromatic amines is 1. The van der Waals surface area contributed by atoms with E-state index in [0.717, 1.165) is 10.9 Å². The smallest absolute Gasteiger partial charge is 0.453 e.